The second kappa shape index (κ2) is 2.91. The van der Waals surface area contributed by atoms with E-state index in [0.717, 1.165) is 6.42 Å². The summed E-state index contributed by atoms with van der Waals surface area (Å²) in [6.07, 6.45) is 4.92. The number of ketones is 1. The van der Waals surface area contributed by atoms with Gasteiger partial charge in [0.05, 0.1) is 0 Å². The molecule has 3 saturated carbocycles. The van der Waals surface area contributed by atoms with Crippen LogP contribution in [-0.2, 0) is 4.79 Å². The molecule has 0 saturated heterocycles. The Morgan fingerprint density at radius 2 is 1.88 bits per heavy atom. The Labute approximate surface area is 99.0 Å². The summed E-state index contributed by atoms with van der Waals surface area (Å²) in [4.78, 5) is 12.1. The molecule has 16 heavy (non-hydrogen) atoms. The van der Waals surface area contributed by atoms with Gasteiger partial charge in [-0.25, -0.2) is 0 Å². The lowest BCUT2D eigenvalue weighted by atomic mass is 9.65. The van der Waals surface area contributed by atoms with Crippen molar-refractivity contribution in [2.45, 2.75) is 53.4 Å². The smallest absolute Gasteiger partial charge is 0.136 e. The maximum absolute atomic E-state index is 12.1. The van der Waals surface area contributed by atoms with Crippen LogP contribution in [0.1, 0.15) is 53.4 Å². The maximum Gasteiger partial charge on any atom is 0.136 e. The van der Waals surface area contributed by atoms with E-state index >= 15 is 0 Å². The lowest BCUT2D eigenvalue weighted by molar-refractivity contribution is -0.127. The Bertz CT molecular complexity index is 343. The summed E-state index contributed by atoms with van der Waals surface area (Å²) in [6.45, 7) is 9.61. The molecular weight excluding hydrogens is 196 g/mol. The average molecular weight is 220 g/mol. The number of carbonyl (C=O) groups excluding carboxylic acids is 1. The fourth-order valence-corrected chi connectivity index (χ4v) is 5.45. The van der Waals surface area contributed by atoms with Crippen molar-refractivity contribution in [1.29, 1.82) is 0 Å². The van der Waals surface area contributed by atoms with Gasteiger partial charge in [0.1, 0.15) is 5.78 Å². The van der Waals surface area contributed by atoms with E-state index in [0.29, 0.717) is 40.3 Å². The summed E-state index contributed by atoms with van der Waals surface area (Å²) >= 11 is 0. The van der Waals surface area contributed by atoms with Gasteiger partial charge in [-0.05, 0) is 41.4 Å². The SMILES string of the molecule is CC1[C@@H]2C(=O)C[C@@H]3[C@H]2C(C)(C)CCC[C@]13C. The van der Waals surface area contributed by atoms with E-state index in [1.54, 1.807) is 0 Å². The van der Waals surface area contributed by atoms with Crippen molar-refractivity contribution < 1.29 is 4.79 Å². The van der Waals surface area contributed by atoms with Crippen LogP contribution in [0.25, 0.3) is 0 Å². The summed E-state index contributed by atoms with van der Waals surface area (Å²) in [7, 11) is 0. The fraction of sp³-hybridized carbons (Fsp3) is 0.933. The second-order valence-corrected chi connectivity index (χ2v) is 7.47. The molecule has 3 fully saturated rings. The van der Waals surface area contributed by atoms with Crippen molar-refractivity contribution in [2.75, 3.05) is 0 Å². The molecule has 0 amide bonds. The molecule has 0 N–H and O–H groups in total. The van der Waals surface area contributed by atoms with Crippen LogP contribution in [0.4, 0.5) is 0 Å². The third kappa shape index (κ3) is 1.05. The van der Waals surface area contributed by atoms with Crippen molar-refractivity contribution in [3.8, 4) is 0 Å². The van der Waals surface area contributed by atoms with Crippen LogP contribution in [0, 0.1) is 34.5 Å². The minimum atomic E-state index is 0.393. The van der Waals surface area contributed by atoms with E-state index in [-0.39, 0.29) is 0 Å². The van der Waals surface area contributed by atoms with Gasteiger partial charge in [0, 0.05) is 12.3 Å². The van der Waals surface area contributed by atoms with Crippen LogP contribution < -0.4 is 0 Å². The average Bonchev–Trinajstić information content (AvgIpc) is 2.58. The van der Waals surface area contributed by atoms with Gasteiger partial charge in [0.25, 0.3) is 0 Å². The molecule has 0 spiro atoms. The van der Waals surface area contributed by atoms with Gasteiger partial charge in [-0.2, -0.15) is 0 Å². The third-order valence-electron chi connectivity index (χ3n) is 6.48. The highest BCUT2D eigenvalue weighted by atomic mass is 16.1. The molecule has 0 radical (unpaired) electrons. The Hall–Kier alpha value is -0.330. The van der Waals surface area contributed by atoms with Crippen molar-refractivity contribution in [3.63, 3.8) is 0 Å². The molecule has 4 bridgehead atoms. The first-order chi connectivity index (χ1) is 7.38. The highest BCUT2D eigenvalue weighted by molar-refractivity contribution is 5.86. The minimum Gasteiger partial charge on any atom is -0.299 e. The molecule has 1 unspecified atom stereocenters. The van der Waals surface area contributed by atoms with E-state index in [2.05, 4.69) is 27.7 Å². The molecule has 3 aliphatic carbocycles. The summed E-state index contributed by atoms with van der Waals surface area (Å²) in [5.74, 6) is 2.98. The lowest BCUT2D eigenvalue weighted by Crippen LogP contribution is -2.36. The van der Waals surface area contributed by atoms with Gasteiger partial charge in [-0.1, -0.05) is 34.1 Å². The van der Waals surface area contributed by atoms with E-state index in [1.807, 2.05) is 0 Å². The van der Waals surface area contributed by atoms with Gasteiger partial charge in [-0.15, -0.1) is 0 Å². The zero-order chi connectivity index (χ0) is 11.7. The molecule has 0 aromatic rings. The van der Waals surface area contributed by atoms with Crippen LogP contribution in [-0.4, -0.2) is 5.78 Å². The molecule has 1 heteroatoms. The standard InChI is InChI=1S/C15H24O/c1-9-12-11(16)8-10-13(12)14(2,3)6-5-7-15(9,10)4/h9-10,12-13H,5-8H2,1-4H3/t9?,10-,12-,13-,15-/m1/s1. The predicted molar refractivity (Wildman–Crippen MR) is 65.0 cm³/mol. The van der Waals surface area contributed by atoms with Crippen molar-refractivity contribution in [3.05, 3.63) is 0 Å². The minimum absolute atomic E-state index is 0.393. The molecule has 5 atom stereocenters. The van der Waals surface area contributed by atoms with Gasteiger partial charge in [0.2, 0.25) is 0 Å². The van der Waals surface area contributed by atoms with E-state index < -0.39 is 0 Å². The Morgan fingerprint density at radius 1 is 1.19 bits per heavy atom. The van der Waals surface area contributed by atoms with Gasteiger partial charge in [-0.3, -0.25) is 4.79 Å². The fourth-order valence-electron chi connectivity index (χ4n) is 5.45. The second-order valence-electron chi connectivity index (χ2n) is 7.47. The molecular formula is C15H24O. The first-order valence-electron chi connectivity index (χ1n) is 6.91. The van der Waals surface area contributed by atoms with Crippen molar-refractivity contribution >= 4 is 5.78 Å². The molecule has 0 aromatic carbocycles. The van der Waals surface area contributed by atoms with Crippen molar-refractivity contribution in [2.24, 2.45) is 34.5 Å². The molecule has 0 heterocycles. The lowest BCUT2D eigenvalue weighted by Gasteiger charge is -2.39. The molecule has 90 valence electrons. The highest BCUT2D eigenvalue weighted by Gasteiger charge is 2.66. The maximum atomic E-state index is 12.1. The van der Waals surface area contributed by atoms with Crippen LogP contribution in [0.15, 0.2) is 0 Å². The zero-order valence-corrected chi connectivity index (χ0v) is 11.0. The molecule has 3 rings (SSSR count). The molecule has 0 aromatic heterocycles. The zero-order valence-electron chi connectivity index (χ0n) is 11.0. The number of carbonyl (C=O) groups is 1. The van der Waals surface area contributed by atoms with Crippen LogP contribution >= 0.6 is 0 Å². The van der Waals surface area contributed by atoms with Crippen LogP contribution in [0.3, 0.4) is 0 Å². The van der Waals surface area contributed by atoms with Crippen LogP contribution in [0.5, 0.6) is 0 Å². The molecule has 1 nitrogen and oxygen atoms in total. The topological polar surface area (TPSA) is 17.1 Å². The summed E-state index contributed by atoms with van der Waals surface area (Å²) < 4.78 is 0. The van der Waals surface area contributed by atoms with E-state index in [9.17, 15) is 4.79 Å². The van der Waals surface area contributed by atoms with Gasteiger partial charge in [0.15, 0.2) is 0 Å². The van der Waals surface area contributed by atoms with E-state index in [1.165, 1.54) is 19.3 Å². The number of hydrogen-bond acceptors (Lipinski definition) is 1. The first-order valence-corrected chi connectivity index (χ1v) is 6.91. The molecule has 3 aliphatic rings. The van der Waals surface area contributed by atoms with Crippen LogP contribution in [0.2, 0.25) is 0 Å². The number of hydrogen-bond donors (Lipinski definition) is 0. The van der Waals surface area contributed by atoms with E-state index in [4.69, 9.17) is 0 Å². The predicted octanol–water partition coefficient (Wildman–Crippen LogP) is 3.67. The largest absolute Gasteiger partial charge is 0.299 e. The summed E-state index contributed by atoms with van der Waals surface area (Å²) in [6, 6.07) is 0. The third-order valence-corrected chi connectivity index (χ3v) is 6.48. The monoisotopic (exact) mass is 220 g/mol. The Morgan fingerprint density at radius 3 is 2.56 bits per heavy atom. The first kappa shape index (κ1) is 10.8. The van der Waals surface area contributed by atoms with Gasteiger partial charge < -0.3 is 0 Å². The highest BCUT2D eigenvalue weighted by Crippen LogP contribution is 2.69. The number of rotatable bonds is 0. The normalized spacial score (nSPS) is 54.1. The number of Topliss-reactive ketones (excluding diaryl/α,β-unsaturated/α-hetero) is 1. The Kier molecular flexibility index (Phi) is 1.97. The van der Waals surface area contributed by atoms with Crippen molar-refractivity contribution in [1.82, 2.24) is 0 Å². The molecule has 0 aliphatic heterocycles. The quantitative estimate of drug-likeness (QED) is 0.608. The Balaban J connectivity index is 2.11. The summed E-state index contributed by atoms with van der Waals surface area (Å²) in [5, 5.41) is 0. The summed E-state index contributed by atoms with van der Waals surface area (Å²) in [5.41, 5.74) is 0.862. The van der Waals surface area contributed by atoms with Gasteiger partial charge >= 0.3 is 0 Å².